The molecule has 0 fully saturated rings. The molecule has 0 spiro atoms. The summed E-state index contributed by atoms with van der Waals surface area (Å²) in [7, 11) is 0. The van der Waals surface area contributed by atoms with Crippen molar-refractivity contribution in [3.63, 3.8) is 0 Å². The molecule has 0 saturated carbocycles. The lowest BCUT2D eigenvalue weighted by Gasteiger charge is -2.04. The van der Waals surface area contributed by atoms with Gasteiger partial charge in [-0.1, -0.05) is 0 Å². The zero-order valence-electron chi connectivity index (χ0n) is 6.30. The van der Waals surface area contributed by atoms with Gasteiger partial charge in [-0.15, -0.1) is 0 Å². The molecule has 0 aliphatic carbocycles. The first-order valence-electron chi connectivity index (χ1n) is 3.45. The molecule has 0 heterocycles. The van der Waals surface area contributed by atoms with Crippen molar-refractivity contribution in [2.75, 3.05) is 0 Å². The van der Waals surface area contributed by atoms with Crippen LogP contribution in [-0.2, 0) is 6.54 Å². The van der Waals surface area contributed by atoms with E-state index in [-0.39, 0.29) is 17.9 Å². The van der Waals surface area contributed by atoms with Crippen molar-refractivity contribution in [1.82, 2.24) is 0 Å². The summed E-state index contributed by atoms with van der Waals surface area (Å²) in [5.41, 5.74) is 5.44. The molecule has 0 aliphatic heterocycles. The molecule has 2 nitrogen and oxygen atoms in total. The van der Waals surface area contributed by atoms with Crippen molar-refractivity contribution >= 4 is 0 Å². The first kappa shape index (κ1) is 8.93. The summed E-state index contributed by atoms with van der Waals surface area (Å²) in [5, 5.41) is 9.09. The quantitative estimate of drug-likeness (QED) is 0.716. The van der Waals surface area contributed by atoms with E-state index in [1.54, 1.807) is 0 Å². The third kappa shape index (κ3) is 1.71. The maximum Gasteiger partial charge on any atom is 0.263 e. The Labute approximate surface area is 68.6 Å². The standard InChI is InChI=1S/C8H9F2NO/c9-8(10)5-1-2-7(12)6(3-5)4-11/h1-3,8,12H,4,11H2. The van der Waals surface area contributed by atoms with Gasteiger partial charge in [-0.25, -0.2) is 8.78 Å². The number of benzene rings is 1. The average molecular weight is 173 g/mol. The smallest absolute Gasteiger partial charge is 0.263 e. The molecule has 66 valence electrons. The van der Waals surface area contributed by atoms with Crippen molar-refractivity contribution < 1.29 is 13.9 Å². The summed E-state index contributed by atoms with van der Waals surface area (Å²) < 4.78 is 24.2. The van der Waals surface area contributed by atoms with Gasteiger partial charge in [0.05, 0.1) is 0 Å². The lowest BCUT2D eigenvalue weighted by atomic mass is 10.1. The van der Waals surface area contributed by atoms with E-state index in [9.17, 15) is 8.78 Å². The van der Waals surface area contributed by atoms with Crippen molar-refractivity contribution in [2.45, 2.75) is 13.0 Å². The van der Waals surface area contributed by atoms with Crippen LogP contribution in [0.3, 0.4) is 0 Å². The molecule has 0 atom stereocenters. The van der Waals surface area contributed by atoms with Crippen molar-refractivity contribution in [1.29, 1.82) is 0 Å². The average Bonchev–Trinajstić information content (AvgIpc) is 2.05. The molecule has 0 aromatic heterocycles. The van der Waals surface area contributed by atoms with E-state index in [0.29, 0.717) is 5.56 Å². The van der Waals surface area contributed by atoms with Crippen molar-refractivity contribution in [3.8, 4) is 5.75 Å². The molecular formula is C8H9F2NO. The number of nitrogens with two attached hydrogens (primary N) is 1. The van der Waals surface area contributed by atoms with Crippen molar-refractivity contribution in [3.05, 3.63) is 29.3 Å². The lowest BCUT2D eigenvalue weighted by molar-refractivity contribution is 0.151. The fraction of sp³-hybridized carbons (Fsp3) is 0.250. The number of halogens is 2. The van der Waals surface area contributed by atoms with E-state index in [1.807, 2.05) is 0 Å². The first-order valence-corrected chi connectivity index (χ1v) is 3.45. The Morgan fingerprint density at radius 1 is 1.42 bits per heavy atom. The normalized spacial score (nSPS) is 10.7. The molecule has 4 heteroatoms. The van der Waals surface area contributed by atoms with E-state index >= 15 is 0 Å². The molecule has 1 aromatic carbocycles. The van der Waals surface area contributed by atoms with Gasteiger partial charge in [0.25, 0.3) is 6.43 Å². The molecule has 1 aromatic rings. The highest BCUT2D eigenvalue weighted by molar-refractivity contribution is 5.36. The zero-order valence-corrected chi connectivity index (χ0v) is 6.30. The summed E-state index contributed by atoms with van der Waals surface area (Å²) in [6, 6.07) is 3.61. The van der Waals surface area contributed by atoms with Gasteiger partial charge in [-0.05, 0) is 18.2 Å². The third-order valence-electron chi connectivity index (χ3n) is 1.58. The van der Waals surface area contributed by atoms with Gasteiger partial charge >= 0.3 is 0 Å². The van der Waals surface area contributed by atoms with E-state index in [2.05, 4.69) is 0 Å². The molecule has 0 unspecified atom stereocenters. The highest BCUT2D eigenvalue weighted by atomic mass is 19.3. The molecule has 0 radical (unpaired) electrons. The SMILES string of the molecule is NCc1cc(C(F)F)ccc1O. The minimum atomic E-state index is -2.52. The highest BCUT2D eigenvalue weighted by Gasteiger charge is 2.08. The number of aromatic hydroxyl groups is 1. The molecule has 0 aliphatic rings. The van der Waals surface area contributed by atoms with Crippen molar-refractivity contribution in [2.24, 2.45) is 5.73 Å². The number of hydrogen-bond acceptors (Lipinski definition) is 2. The Bertz CT molecular complexity index is 276. The van der Waals surface area contributed by atoms with Gasteiger partial charge < -0.3 is 10.8 Å². The van der Waals surface area contributed by atoms with Crippen LogP contribution in [-0.4, -0.2) is 5.11 Å². The summed E-state index contributed by atoms with van der Waals surface area (Å²) >= 11 is 0. The highest BCUT2D eigenvalue weighted by Crippen LogP contribution is 2.24. The van der Waals surface area contributed by atoms with Crippen LogP contribution in [0.2, 0.25) is 0 Å². The minimum Gasteiger partial charge on any atom is -0.508 e. The van der Waals surface area contributed by atoms with Crippen LogP contribution in [0.25, 0.3) is 0 Å². The number of phenols is 1. The Morgan fingerprint density at radius 2 is 2.08 bits per heavy atom. The van der Waals surface area contributed by atoms with E-state index in [0.717, 1.165) is 0 Å². The summed E-state index contributed by atoms with van der Waals surface area (Å²) in [6.45, 7) is 0.0619. The van der Waals surface area contributed by atoms with Gasteiger partial charge in [0.15, 0.2) is 0 Å². The molecule has 12 heavy (non-hydrogen) atoms. The topological polar surface area (TPSA) is 46.2 Å². The van der Waals surface area contributed by atoms with Gasteiger partial charge in [0, 0.05) is 17.7 Å². The summed E-state index contributed by atoms with van der Waals surface area (Å²) in [5.74, 6) is -0.0399. The number of rotatable bonds is 2. The lowest BCUT2D eigenvalue weighted by Crippen LogP contribution is -1.98. The largest absolute Gasteiger partial charge is 0.508 e. The molecule has 1 rings (SSSR count). The Morgan fingerprint density at radius 3 is 2.58 bits per heavy atom. The van der Waals surface area contributed by atoms with Crippen LogP contribution < -0.4 is 5.73 Å². The fourth-order valence-corrected chi connectivity index (χ4v) is 0.905. The van der Waals surface area contributed by atoms with E-state index < -0.39 is 6.43 Å². The maximum atomic E-state index is 12.1. The van der Waals surface area contributed by atoms with Gasteiger partial charge in [0.2, 0.25) is 0 Å². The van der Waals surface area contributed by atoms with Gasteiger partial charge in [-0.3, -0.25) is 0 Å². The number of hydrogen-bond donors (Lipinski definition) is 2. The van der Waals surface area contributed by atoms with Crippen LogP contribution in [0.15, 0.2) is 18.2 Å². The minimum absolute atomic E-state index is 0.0399. The van der Waals surface area contributed by atoms with Crippen LogP contribution in [0, 0.1) is 0 Å². The molecule has 0 bridgehead atoms. The second-order valence-corrected chi connectivity index (χ2v) is 2.39. The molecule has 0 amide bonds. The van der Waals surface area contributed by atoms with E-state index in [4.69, 9.17) is 10.8 Å². The second-order valence-electron chi connectivity index (χ2n) is 2.39. The molecular weight excluding hydrogens is 164 g/mol. The van der Waals surface area contributed by atoms with Crippen LogP contribution >= 0.6 is 0 Å². The monoisotopic (exact) mass is 173 g/mol. The van der Waals surface area contributed by atoms with Crippen LogP contribution in [0.1, 0.15) is 17.6 Å². The Balaban J connectivity index is 3.05. The molecule has 0 saturated heterocycles. The summed E-state index contributed by atoms with van der Waals surface area (Å²) in [4.78, 5) is 0. The number of phenolic OH excluding ortho intramolecular Hbond substituents is 1. The fourth-order valence-electron chi connectivity index (χ4n) is 0.905. The maximum absolute atomic E-state index is 12.1. The Kier molecular flexibility index (Phi) is 2.60. The first-order chi connectivity index (χ1) is 5.65. The number of alkyl halides is 2. The van der Waals surface area contributed by atoms with Crippen LogP contribution in [0.4, 0.5) is 8.78 Å². The second kappa shape index (κ2) is 3.49. The Hall–Kier alpha value is -1.16. The predicted octanol–water partition coefficient (Wildman–Crippen LogP) is 1.79. The third-order valence-corrected chi connectivity index (χ3v) is 1.58. The zero-order chi connectivity index (χ0) is 9.14. The summed E-state index contributed by atoms with van der Waals surface area (Å²) in [6.07, 6.45) is -2.52. The predicted molar refractivity (Wildman–Crippen MR) is 41.0 cm³/mol. The van der Waals surface area contributed by atoms with E-state index in [1.165, 1.54) is 18.2 Å². The van der Waals surface area contributed by atoms with Crippen LogP contribution in [0.5, 0.6) is 5.75 Å². The molecule has 3 N–H and O–H groups in total. The van der Waals surface area contributed by atoms with Gasteiger partial charge in [0.1, 0.15) is 5.75 Å². The van der Waals surface area contributed by atoms with Gasteiger partial charge in [-0.2, -0.15) is 0 Å².